The van der Waals surface area contributed by atoms with Gasteiger partial charge >= 0.3 is 0 Å². The summed E-state index contributed by atoms with van der Waals surface area (Å²) >= 11 is 6.15. The van der Waals surface area contributed by atoms with Crippen molar-refractivity contribution in [2.75, 3.05) is 0 Å². The van der Waals surface area contributed by atoms with Crippen molar-refractivity contribution in [1.29, 1.82) is 5.26 Å². The van der Waals surface area contributed by atoms with Crippen molar-refractivity contribution in [3.8, 4) is 11.8 Å². The lowest BCUT2D eigenvalue weighted by molar-refractivity contribution is -0.175. The first-order valence-electron chi connectivity index (χ1n) is 10.2. The molecular weight excluding hydrogens is 372 g/mol. The van der Waals surface area contributed by atoms with Crippen LogP contribution >= 0.6 is 11.6 Å². The van der Waals surface area contributed by atoms with Gasteiger partial charge in [-0.05, 0) is 43.7 Å². The minimum atomic E-state index is -0.207. The third-order valence-electron chi connectivity index (χ3n) is 6.83. The van der Waals surface area contributed by atoms with Crippen LogP contribution < -0.4 is 10.1 Å². The molecule has 1 aromatic rings. The maximum atomic E-state index is 12.9. The minimum Gasteiger partial charge on any atom is -0.489 e. The second-order valence-corrected chi connectivity index (χ2v) is 10.2. The molecule has 2 saturated carbocycles. The normalized spacial score (nSPS) is 30.6. The van der Waals surface area contributed by atoms with Gasteiger partial charge in [0.05, 0.1) is 10.6 Å². The molecule has 3 rings (SSSR count). The summed E-state index contributed by atoms with van der Waals surface area (Å²) < 4.78 is 6.29. The first-order valence-corrected chi connectivity index (χ1v) is 10.6. The quantitative estimate of drug-likeness (QED) is 0.739. The van der Waals surface area contributed by atoms with Crippen LogP contribution in [0.5, 0.6) is 5.75 Å². The van der Waals surface area contributed by atoms with Crippen LogP contribution in [0.2, 0.25) is 5.02 Å². The van der Waals surface area contributed by atoms with E-state index < -0.39 is 0 Å². The van der Waals surface area contributed by atoms with E-state index in [2.05, 4.69) is 46.0 Å². The van der Waals surface area contributed by atoms with Gasteiger partial charge in [-0.25, -0.2) is 0 Å². The van der Waals surface area contributed by atoms with Crippen LogP contribution in [0.15, 0.2) is 18.2 Å². The second-order valence-electron chi connectivity index (χ2n) is 9.79. The van der Waals surface area contributed by atoms with Crippen LogP contribution in [0.4, 0.5) is 0 Å². The number of benzene rings is 1. The molecule has 5 heteroatoms. The number of nitrogens with one attached hydrogen (secondary N) is 1. The average Bonchev–Trinajstić information content (AvgIpc) is 2.64. The summed E-state index contributed by atoms with van der Waals surface area (Å²) in [4.78, 5) is 12.9. The Bertz CT molecular complexity index is 772. The SMILES string of the molecule is CC1(C)[C@H](NC(=O)[C@H]2CC[C@H](C)CC2)C(C)(C)[C@H]1Oc1ccc(C#N)c(Cl)c1. The van der Waals surface area contributed by atoms with Crippen molar-refractivity contribution in [2.24, 2.45) is 22.7 Å². The molecule has 0 bridgehead atoms. The first kappa shape index (κ1) is 21.0. The Morgan fingerprint density at radius 2 is 1.79 bits per heavy atom. The monoisotopic (exact) mass is 402 g/mol. The lowest BCUT2D eigenvalue weighted by atomic mass is 9.49. The van der Waals surface area contributed by atoms with E-state index in [9.17, 15) is 4.79 Å². The standard InChI is InChI=1S/C23H31ClN2O2/c1-14-6-8-15(9-7-14)19(27)26-20-22(2,3)21(23(20,4)5)28-17-11-10-16(13-25)18(24)12-17/h10-12,14-15,20-21H,6-9H2,1-5H3,(H,26,27)/t14-,15-,20-,21-. The van der Waals surface area contributed by atoms with Crippen LogP contribution in [-0.4, -0.2) is 18.1 Å². The van der Waals surface area contributed by atoms with Gasteiger partial charge in [0.25, 0.3) is 0 Å². The van der Waals surface area contributed by atoms with Gasteiger partial charge in [0.2, 0.25) is 5.91 Å². The molecule has 0 aliphatic heterocycles. The zero-order chi connectivity index (χ0) is 20.7. The number of ether oxygens (including phenoxy) is 1. The fourth-order valence-electron chi connectivity index (χ4n) is 5.38. The number of amides is 1. The number of carbonyl (C=O) groups is 1. The maximum Gasteiger partial charge on any atom is 0.223 e. The van der Waals surface area contributed by atoms with Gasteiger partial charge in [-0.1, -0.05) is 46.2 Å². The molecular formula is C23H31ClN2O2. The molecule has 0 radical (unpaired) electrons. The minimum absolute atomic E-state index is 0.0469. The Labute approximate surface area is 173 Å². The van der Waals surface area contributed by atoms with Gasteiger partial charge in [-0.3, -0.25) is 4.79 Å². The van der Waals surface area contributed by atoms with E-state index in [1.54, 1.807) is 18.2 Å². The summed E-state index contributed by atoms with van der Waals surface area (Å²) in [6.07, 6.45) is 4.19. The highest BCUT2D eigenvalue weighted by Crippen LogP contribution is 2.55. The van der Waals surface area contributed by atoms with Crippen molar-refractivity contribution >= 4 is 17.5 Å². The molecule has 152 valence electrons. The van der Waals surface area contributed by atoms with Crippen LogP contribution in [-0.2, 0) is 4.79 Å². The van der Waals surface area contributed by atoms with E-state index in [1.165, 1.54) is 0 Å². The number of hydrogen-bond donors (Lipinski definition) is 1. The predicted octanol–water partition coefficient (Wildman–Crippen LogP) is 5.34. The zero-order valence-corrected chi connectivity index (χ0v) is 18.3. The molecule has 0 spiro atoms. The summed E-state index contributed by atoms with van der Waals surface area (Å²) in [5.41, 5.74) is 0.0243. The highest BCUT2D eigenvalue weighted by molar-refractivity contribution is 6.31. The van der Waals surface area contributed by atoms with Crippen molar-refractivity contribution in [2.45, 2.75) is 72.4 Å². The molecule has 4 nitrogen and oxygen atoms in total. The predicted molar refractivity (Wildman–Crippen MR) is 111 cm³/mol. The van der Waals surface area contributed by atoms with E-state index in [-0.39, 0.29) is 34.8 Å². The number of nitrogens with zero attached hydrogens (tertiary/aromatic N) is 1. The maximum absolute atomic E-state index is 12.9. The second kappa shape index (κ2) is 7.59. The van der Waals surface area contributed by atoms with E-state index in [0.29, 0.717) is 16.3 Å². The number of nitriles is 1. The van der Waals surface area contributed by atoms with Crippen LogP contribution in [0.1, 0.15) is 65.9 Å². The smallest absolute Gasteiger partial charge is 0.223 e. The molecule has 1 amide bonds. The fraction of sp³-hybridized carbons (Fsp3) is 0.652. The van der Waals surface area contributed by atoms with Crippen molar-refractivity contribution in [1.82, 2.24) is 5.32 Å². The number of carbonyl (C=O) groups excluding carboxylic acids is 1. The molecule has 0 atom stereocenters. The summed E-state index contributed by atoms with van der Waals surface area (Å²) in [7, 11) is 0. The van der Waals surface area contributed by atoms with Crippen molar-refractivity contribution in [3.05, 3.63) is 28.8 Å². The number of hydrogen-bond acceptors (Lipinski definition) is 3. The van der Waals surface area contributed by atoms with Gasteiger partial charge in [0, 0.05) is 28.9 Å². The molecule has 2 fully saturated rings. The van der Waals surface area contributed by atoms with E-state index in [0.717, 1.165) is 31.6 Å². The van der Waals surface area contributed by atoms with Crippen LogP contribution in [0, 0.1) is 34.0 Å². The molecule has 0 saturated heterocycles. The Hall–Kier alpha value is -1.73. The lowest BCUT2D eigenvalue weighted by Crippen LogP contribution is -2.75. The van der Waals surface area contributed by atoms with E-state index in [1.807, 2.05) is 0 Å². The summed E-state index contributed by atoms with van der Waals surface area (Å²) in [6, 6.07) is 7.27. The van der Waals surface area contributed by atoms with Gasteiger partial charge < -0.3 is 10.1 Å². The topological polar surface area (TPSA) is 62.1 Å². The number of halogens is 1. The Balaban J connectivity index is 1.69. The highest BCUT2D eigenvalue weighted by atomic mass is 35.5. The van der Waals surface area contributed by atoms with Crippen LogP contribution in [0.3, 0.4) is 0 Å². The van der Waals surface area contributed by atoms with Gasteiger partial charge in [0.1, 0.15) is 17.9 Å². The Morgan fingerprint density at radius 1 is 1.18 bits per heavy atom. The molecule has 0 unspecified atom stereocenters. The first-order chi connectivity index (χ1) is 13.1. The molecule has 2 aliphatic rings. The van der Waals surface area contributed by atoms with Crippen molar-refractivity contribution in [3.63, 3.8) is 0 Å². The van der Waals surface area contributed by atoms with Crippen LogP contribution in [0.25, 0.3) is 0 Å². The van der Waals surface area contributed by atoms with E-state index in [4.69, 9.17) is 21.6 Å². The lowest BCUT2D eigenvalue weighted by Gasteiger charge is -2.63. The average molecular weight is 403 g/mol. The summed E-state index contributed by atoms with van der Waals surface area (Å²) in [6.45, 7) is 10.8. The summed E-state index contributed by atoms with van der Waals surface area (Å²) in [5.74, 6) is 1.72. The molecule has 28 heavy (non-hydrogen) atoms. The number of rotatable bonds is 4. The molecule has 1 N–H and O–H groups in total. The fourth-order valence-corrected chi connectivity index (χ4v) is 5.59. The Morgan fingerprint density at radius 3 is 2.32 bits per heavy atom. The third-order valence-corrected chi connectivity index (χ3v) is 7.14. The zero-order valence-electron chi connectivity index (χ0n) is 17.5. The molecule has 1 aromatic carbocycles. The molecule has 0 heterocycles. The van der Waals surface area contributed by atoms with Gasteiger partial charge in [-0.15, -0.1) is 0 Å². The third kappa shape index (κ3) is 3.74. The molecule has 0 aromatic heterocycles. The van der Waals surface area contributed by atoms with Gasteiger partial charge in [-0.2, -0.15) is 5.26 Å². The largest absolute Gasteiger partial charge is 0.489 e. The van der Waals surface area contributed by atoms with Crippen molar-refractivity contribution < 1.29 is 9.53 Å². The van der Waals surface area contributed by atoms with E-state index >= 15 is 0 Å². The highest BCUT2D eigenvalue weighted by Gasteiger charge is 2.64. The summed E-state index contributed by atoms with van der Waals surface area (Å²) in [5, 5.41) is 12.8. The van der Waals surface area contributed by atoms with Gasteiger partial charge in [0.15, 0.2) is 0 Å². The molecule has 2 aliphatic carbocycles. The Kier molecular flexibility index (Phi) is 5.69.